The quantitative estimate of drug-likeness (QED) is 0.616. The minimum Gasteiger partial charge on any atom is -0.472 e. The van der Waals surface area contributed by atoms with Crippen LogP contribution in [0.3, 0.4) is 0 Å². The van der Waals surface area contributed by atoms with Crippen molar-refractivity contribution in [2.75, 3.05) is 19.0 Å². The van der Waals surface area contributed by atoms with Gasteiger partial charge in [-0.3, -0.25) is 4.79 Å². The molecule has 1 atom stereocenters. The van der Waals surface area contributed by atoms with Crippen LogP contribution in [0.2, 0.25) is 0 Å². The second kappa shape index (κ2) is 6.70. The molecule has 4 nitrogen and oxygen atoms in total. The summed E-state index contributed by atoms with van der Waals surface area (Å²) in [5, 5.41) is 0. The number of alkyl halides is 1. The van der Waals surface area contributed by atoms with Gasteiger partial charge in [0.15, 0.2) is 0 Å². The summed E-state index contributed by atoms with van der Waals surface area (Å²) in [5.74, 6) is 0.289. The molecule has 1 aliphatic heterocycles. The highest BCUT2D eigenvalue weighted by molar-refractivity contribution is 6.17. The van der Waals surface area contributed by atoms with Gasteiger partial charge in [-0.25, -0.2) is 0 Å². The smallest absolute Gasteiger partial charge is 0.222 e. The lowest BCUT2D eigenvalue weighted by Gasteiger charge is -2.16. The van der Waals surface area contributed by atoms with Gasteiger partial charge in [-0.15, -0.1) is 11.6 Å². The summed E-state index contributed by atoms with van der Waals surface area (Å²) >= 11 is 5.56. The first-order valence-electron chi connectivity index (χ1n) is 6.32. The number of hydrogen-bond donors (Lipinski definition) is 0. The molecule has 0 aromatic carbocycles. The van der Waals surface area contributed by atoms with Gasteiger partial charge in [0, 0.05) is 31.3 Å². The molecule has 1 unspecified atom stereocenters. The van der Waals surface area contributed by atoms with Crippen molar-refractivity contribution < 1.29 is 13.9 Å². The van der Waals surface area contributed by atoms with Crippen LogP contribution in [-0.4, -0.2) is 40.9 Å². The summed E-state index contributed by atoms with van der Waals surface area (Å²) in [6.45, 7) is 1.19. The summed E-state index contributed by atoms with van der Waals surface area (Å²) in [6, 6.07) is 4.43. The van der Waals surface area contributed by atoms with Crippen LogP contribution < -0.4 is 4.74 Å². The molecule has 2 heterocycles. The first-order valence-corrected chi connectivity index (χ1v) is 6.85. The Labute approximate surface area is 116 Å². The average molecular weight is 287 g/mol. The number of nitrogens with zero attached hydrogens (tertiary/aromatic N) is 2. The third-order valence-corrected chi connectivity index (χ3v) is 3.27. The monoisotopic (exact) mass is 286 g/mol. The lowest BCUT2D eigenvalue weighted by atomic mass is 10.3. The van der Waals surface area contributed by atoms with Gasteiger partial charge in [0.1, 0.15) is 6.10 Å². The van der Waals surface area contributed by atoms with E-state index < -0.39 is 5.95 Å². The molecule has 1 aromatic heterocycles. The van der Waals surface area contributed by atoms with Gasteiger partial charge in [0.2, 0.25) is 17.7 Å². The van der Waals surface area contributed by atoms with Gasteiger partial charge in [-0.05, 0) is 12.5 Å². The molecule has 1 fully saturated rings. The highest BCUT2D eigenvalue weighted by atomic mass is 35.5. The maximum Gasteiger partial charge on any atom is 0.222 e. The zero-order valence-electron chi connectivity index (χ0n) is 10.5. The Kier molecular flexibility index (Phi) is 4.96. The Morgan fingerprint density at radius 2 is 2.42 bits per heavy atom. The molecule has 0 radical (unpaired) electrons. The van der Waals surface area contributed by atoms with Crippen molar-refractivity contribution in [3.05, 3.63) is 24.1 Å². The Balaban J connectivity index is 1.83. The van der Waals surface area contributed by atoms with E-state index >= 15 is 0 Å². The fourth-order valence-corrected chi connectivity index (χ4v) is 2.19. The molecule has 1 aliphatic rings. The van der Waals surface area contributed by atoms with Crippen LogP contribution in [0.5, 0.6) is 5.88 Å². The van der Waals surface area contributed by atoms with Gasteiger partial charge in [-0.2, -0.15) is 9.37 Å². The molecule has 19 heavy (non-hydrogen) atoms. The van der Waals surface area contributed by atoms with Crippen LogP contribution in [0.1, 0.15) is 19.3 Å². The second-order valence-electron chi connectivity index (χ2n) is 4.46. The summed E-state index contributed by atoms with van der Waals surface area (Å²) in [6.07, 6.45) is 1.78. The number of pyridine rings is 1. The number of carbonyl (C=O) groups excluding carboxylic acids is 1. The van der Waals surface area contributed by atoms with Crippen molar-refractivity contribution in [1.82, 2.24) is 9.88 Å². The average Bonchev–Trinajstić information content (AvgIpc) is 2.84. The fourth-order valence-electron chi connectivity index (χ4n) is 2.05. The van der Waals surface area contributed by atoms with E-state index in [1.165, 1.54) is 6.07 Å². The zero-order valence-corrected chi connectivity index (χ0v) is 11.3. The van der Waals surface area contributed by atoms with E-state index in [2.05, 4.69) is 4.98 Å². The molecule has 1 saturated heterocycles. The van der Waals surface area contributed by atoms with Gasteiger partial charge >= 0.3 is 0 Å². The van der Waals surface area contributed by atoms with Gasteiger partial charge in [0.05, 0.1) is 6.54 Å². The molecule has 2 rings (SSSR count). The number of hydrogen-bond acceptors (Lipinski definition) is 3. The van der Waals surface area contributed by atoms with E-state index in [1.54, 1.807) is 17.0 Å². The molecular weight excluding hydrogens is 271 g/mol. The summed E-state index contributed by atoms with van der Waals surface area (Å²) in [7, 11) is 0. The normalized spacial score (nSPS) is 18.6. The van der Waals surface area contributed by atoms with Gasteiger partial charge in [0.25, 0.3) is 0 Å². The Morgan fingerprint density at radius 1 is 1.58 bits per heavy atom. The predicted molar refractivity (Wildman–Crippen MR) is 69.8 cm³/mol. The van der Waals surface area contributed by atoms with Crippen LogP contribution in [0.25, 0.3) is 0 Å². The third kappa shape index (κ3) is 4.06. The Hall–Kier alpha value is -1.36. The standard InChI is InChI=1S/C13H16ClFN2O2/c14-7-2-5-13(18)17-8-6-10(9-17)19-12-4-1-3-11(15)16-12/h1,3-4,10H,2,5-9H2. The highest BCUT2D eigenvalue weighted by Crippen LogP contribution is 2.17. The van der Waals surface area contributed by atoms with E-state index in [-0.39, 0.29) is 17.9 Å². The van der Waals surface area contributed by atoms with Crippen LogP contribution in [-0.2, 0) is 4.79 Å². The van der Waals surface area contributed by atoms with E-state index in [0.29, 0.717) is 31.8 Å². The Bertz CT molecular complexity index is 444. The van der Waals surface area contributed by atoms with Gasteiger partial charge in [-0.1, -0.05) is 6.07 Å². The van der Waals surface area contributed by atoms with E-state index in [0.717, 1.165) is 6.42 Å². The summed E-state index contributed by atoms with van der Waals surface area (Å²) in [4.78, 5) is 17.2. The molecule has 0 spiro atoms. The van der Waals surface area contributed by atoms with Crippen molar-refractivity contribution in [3.63, 3.8) is 0 Å². The topological polar surface area (TPSA) is 42.4 Å². The minimum absolute atomic E-state index is 0.0963. The molecule has 6 heteroatoms. The molecule has 0 bridgehead atoms. The predicted octanol–water partition coefficient (Wildman–Crippen LogP) is 2.22. The molecular formula is C13H16ClFN2O2. The summed E-state index contributed by atoms with van der Waals surface area (Å²) < 4.78 is 18.5. The maximum atomic E-state index is 12.9. The van der Waals surface area contributed by atoms with Crippen molar-refractivity contribution in [2.45, 2.75) is 25.4 Å². The number of likely N-dealkylation sites (tertiary alicyclic amines) is 1. The number of rotatable bonds is 5. The van der Waals surface area contributed by atoms with Crippen molar-refractivity contribution >= 4 is 17.5 Å². The van der Waals surface area contributed by atoms with E-state index in [4.69, 9.17) is 16.3 Å². The van der Waals surface area contributed by atoms with Crippen molar-refractivity contribution in [2.24, 2.45) is 0 Å². The van der Waals surface area contributed by atoms with Crippen molar-refractivity contribution in [3.8, 4) is 5.88 Å². The summed E-state index contributed by atoms with van der Waals surface area (Å²) in [5.41, 5.74) is 0. The van der Waals surface area contributed by atoms with Crippen LogP contribution in [0.15, 0.2) is 18.2 Å². The van der Waals surface area contributed by atoms with E-state index in [9.17, 15) is 9.18 Å². The molecule has 1 aromatic rings. The molecule has 1 amide bonds. The SMILES string of the molecule is O=C(CCCCl)N1CCC(Oc2cccc(F)n2)C1. The number of amides is 1. The number of halogens is 2. The first-order chi connectivity index (χ1) is 9.19. The van der Waals surface area contributed by atoms with Crippen molar-refractivity contribution in [1.29, 1.82) is 0 Å². The van der Waals surface area contributed by atoms with E-state index in [1.807, 2.05) is 0 Å². The first kappa shape index (κ1) is 14.1. The number of ether oxygens (including phenoxy) is 1. The van der Waals surface area contributed by atoms with Crippen LogP contribution in [0, 0.1) is 5.95 Å². The van der Waals surface area contributed by atoms with Gasteiger partial charge < -0.3 is 9.64 Å². The maximum absolute atomic E-state index is 12.9. The molecule has 0 N–H and O–H groups in total. The van der Waals surface area contributed by atoms with Crippen LogP contribution >= 0.6 is 11.6 Å². The lowest BCUT2D eigenvalue weighted by Crippen LogP contribution is -2.30. The highest BCUT2D eigenvalue weighted by Gasteiger charge is 2.27. The molecule has 0 aliphatic carbocycles. The minimum atomic E-state index is -0.564. The fraction of sp³-hybridized carbons (Fsp3) is 0.538. The van der Waals surface area contributed by atoms with Crippen LogP contribution in [0.4, 0.5) is 4.39 Å². The Morgan fingerprint density at radius 3 is 3.16 bits per heavy atom. The number of carbonyl (C=O) groups is 1. The largest absolute Gasteiger partial charge is 0.472 e. The zero-order chi connectivity index (χ0) is 13.7. The molecule has 104 valence electrons. The molecule has 0 saturated carbocycles. The second-order valence-corrected chi connectivity index (χ2v) is 4.84. The number of aromatic nitrogens is 1. The third-order valence-electron chi connectivity index (χ3n) is 3.00. The lowest BCUT2D eigenvalue weighted by molar-refractivity contribution is -0.130.